The van der Waals surface area contributed by atoms with Crippen molar-refractivity contribution >= 4 is 18.0 Å². The van der Waals surface area contributed by atoms with E-state index in [0.717, 1.165) is 44.9 Å². The quantitative estimate of drug-likeness (QED) is 0.408. The number of hydrogen-bond acceptors (Lipinski definition) is 5. The molecule has 0 aromatic heterocycles. The van der Waals surface area contributed by atoms with Gasteiger partial charge in [0.2, 0.25) is 0 Å². The molecule has 4 aliphatic carbocycles. The maximum Gasteiger partial charge on any atom is 0.332 e. The number of fused-ring (bicyclic) bond motifs is 5. The van der Waals surface area contributed by atoms with Crippen LogP contribution in [0, 0.1) is 28.6 Å². The zero-order valence-electron chi connectivity index (χ0n) is 17.1. The SMILES string of the molecule is CC12CCC(=O)C=C1CCC1C2CCC2(C)C(OC(=O)COCC=O)CCC12. The minimum absolute atomic E-state index is 0.0313. The molecule has 0 amide bonds. The molecule has 154 valence electrons. The highest BCUT2D eigenvalue weighted by Gasteiger charge is 2.59. The van der Waals surface area contributed by atoms with E-state index < -0.39 is 0 Å². The predicted octanol–water partition coefficient (Wildman–Crippen LogP) is 3.65. The van der Waals surface area contributed by atoms with Gasteiger partial charge in [-0.2, -0.15) is 0 Å². The molecule has 0 bridgehead atoms. The van der Waals surface area contributed by atoms with Gasteiger partial charge in [0.1, 0.15) is 25.6 Å². The highest BCUT2D eigenvalue weighted by atomic mass is 16.6. The summed E-state index contributed by atoms with van der Waals surface area (Å²) in [6, 6.07) is 0. The average Bonchev–Trinajstić information content (AvgIpc) is 2.99. The minimum atomic E-state index is -0.359. The molecule has 0 aromatic carbocycles. The largest absolute Gasteiger partial charge is 0.460 e. The number of hydrogen-bond donors (Lipinski definition) is 0. The molecule has 6 unspecified atom stereocenters. The van der Waals surface area contributed by atoms with Gasteiger partial charge in [-0.3, -0.25) is 4.79 Å². The summed E-state index contributed by atoms with van der Waals surface area (Å²) in [6.07, 6.45) is 10.7. The van der Waals surface area contributed by atoms with Gasteiger partial charge in [-0.1, -0.05) is 19.4 Å². The monoisotopic (exact) mass is 388 g/mol. The van der Waals surface area contributed by atoms with Crippen LogP contribution in [-0.2, 0) is 23.9 Å². The number of carbonyl (C=O) groups is 3. The lowest BCUT2D eigenvalue weighted by Gasteiger charge is -2.57. The van der Waals surface area contributed by atoms with Gasteiger partial charge in [0.05, 0.1) is 0 Å². The fraction of sp³-hybridized carbons (Fsp3) is 0.783. The molecule has 0 spiro atoms. The first-order valence-corrected chi connectivity index (χ1v) is 10.8. The third-order valence-electron chi connectivity index (χ3n) is 8.55. The third kappa shape index (κ3) is 3.16. The van der Waals surface area contributed by atoms with Gasteiger partial charge in [0.25, 0.3) is 0 Å². The molecule has 4 aliphatic rings. The van der Waals surface area contributed by atoms with Gasteiger partial charge < -0.3 is 14.3 Å². The van der Waals surface area contributed by atoms with Crippen LogP contribution in [0.25, 0.3) is 0 Å². The van der Waals surface area contributed by atoms with E-state index in [1.54, 1.807) is 0 Å². The van der Waals surface area contributed by atoms with Crippen molar-refractivity contribution in [2.75, 3.05) is 13.2 Å². The first-order chi connectivity index (χ1) is 13.4. The Labute approximate surface area is 167 Å². The van der Waals surface area contributed by atoms with E-state index >= 15 is 0 Å². The smallest absolute Gasteiger partial charge is 0.332 e. The van der Waals surface area contributed by atoms with Crippen LogP contribution in [0.15, 0.2) is 11.6 Å². The van der Waals surface area contributed by atoms with Crippen LogP contribution in [0.3, 0.4) is 0 Å². The Hall–Kier alpha value is -1.49. The molecule has 0 saturated heterocycles. The Balaban J connectivity index is 1.48. The van der Waals surface area contributed by atoms with Crippen LogP contribution in [0.1, 0.15) is 65.2 Å². The summed E-state index contributed by atoms with van der Waals surface area (Å²) in [4.78, 5) is 34.4. The van der Waals surface area contributed by atoms with Gasteiger partial charge in [-0.05, 0) is 74.2 Å². The van der Waals surface area contributed by atoms with Crippen molar-refractivity contribution in [2.24, 2.45) is 28.6 Å². The molecular formula is C23H32O5. The molecule has 4 rings (SSSR count). The summed E-state index contributed by atoms with van der Waals surface area (Å²) in [5.74, 6) is 1.82. The molecule has 3 saturated carbocycles. The van der Waals surface area contributed by atoms with Crippen molar-refractivity contribution in [1.82, 2.24) is 0 Å². The summed E-state index contributed by atoms with van der Waals surface area (Å²) in [7, 11) is 0. The van der Waals surface area contributed by atoms with Crippen molar-refractivity contribution in [3.63, 3.8) is 0 Å². The summed E-state index contributed by atoms with van der Waals surface area (Å²) in [5.41, 5.74) is 1.60. The molecule has 6 atom stereocenters. The van der Waals surface area contributed by atoms with Crippen LogP contribution in [0.4, 0.5) is 0 Å². The van der Waals surface area contributed by atoms with Crippen LogP contribution >= 0.6 is 0 Å². The molecule has 0 N–H and O–H groups in total. The van der Waals surface area contributed by atoms with Gasteiger partial charge in [0.15, 0.2) is 5.78 Å². The number of ether oxygens (including phenoxy) is 2. The van der Waals surface area contributed by atoms with E-state index in [-0.39, 0.29) is 36.1 Å². The highest BCUT2D eigenvalue weighted by molar-refractivity contribution is 5.91. The first-order valence-electron chi connectivity index (χ1n) is 10.8. The summed E-state index contributed by atoms with van der Waals surface area (Å²) in [5, 5.41) is 0. The molecule has 0 aliphatic heterocycles. The third-order valence-corrected chi connectivity index (χ3v) is 8.55. The molecule has 0 radical (unpaired) electrons. The fourth-order valence-corrected chi connectivity index (χ4v) is 7.09. The average molecular weight is 389 g/mol. The Morgan fingerprint density at radius 1 is 1.14 bits per heavy atom. The second-order valence-corrected chi connectivity index (χ2v) is 9.75. The van der Waals surface area contributed by atoms with Gasteiger partial charge in [-0.15, -0.1) is 0 Å². The summed E-state index contributed by atoms with van der Waals surface area (Å²) in [6.45, 7) is 4.48. The van der Waals surface area contributed by atoms with E-state index in [4.69, 9.17) is 9.47 Å². The summed E-state index contributed by atoms with van der Waals surface area (Å²) >= 11 is 0. The van der Waals surface area contributed by atoms with Crippen LogP contribution < -0.4 is 0 Å². The number of ketones is 1. The maximum absolute atomic E-state index is 12.1. The van der Waals surface area contributed by atoms with E-state index in [1.165, 1.54) is 5.57 Å². The lowest BCUT2D eigenvalue weighted by atomic mass is 9.47. The van der Waals surface area contributed by atoms with E-state index in [1.807, 2.05) is 6.08 Å². The molecular weight excluding hydrogens is 356 g/mol. The van der Waals surface area contributed by atoms with Gasteiger partial charge >= 0.3 is 5.97 Å². The Morgan fingerprint density at radius 3 is 2.75 bits per heavy atom. The normalized spacial score (nSPS) is 42.1. The zero-order valence-corrected chi connectivity index (χ0v) is 17.1. The van der Waals surface area contributed by atoms with Crippen LogP contribution in [0.5, 0.6) is 0 Å². The van der Waals surface area contributed by atoms with Crippen molar-refractivity contribution in [2.45, 2.75) is 71.3 Å². The minimum Gasteiger partial charge on any atom is -0.460 e. The van der Waals surface area contributed by atoms with Crippen molar-refractivity contribution in [3.05, 3.63) is 11.6 Å². The zero-order chi connectivity index (χ0) is 19.9. The van der Waals surface area contributed by atoms with Gasteiger partial charge in [-0.25, -0.2) is 4.79 Å². The summed E-state index contributed by atoms with van der Waals surface area (Å²) < 4.78 is 10.8. The molecule has 3 fully saturated rings. The number of aldehydes is 1. The lowest BCUT2D eigenvalue weighted by Crippen LogP contribution is -2.51. The maximum atomic E-state index is 12.1. The first kappa shape index (κ1) is 19.8. The van der Waals surface area contributed by atoms with Crippen molar-refractivity contribution in [1.29, 1.82) is 0 Å². The number of esters is 1. The topological polar surface area (TPSA) is 69.7 Å². The van der Waals surface area contributed by atoms with Crippen molar-refractivity contribution in [3.8, 4) is 0 Å². The Bertz CT molecular complexity index is 697. The molecule has 28 heavy (non-hydrogen) atoms. The Kier molecular flexibility index (Phi) is 5.24. The molecule has 0 heterocycles. The highest BCUT2D eigenvalue weighted by Crippen LogP contribution is 2.65. The van der Waals surface area contributed by atoms with Gasteiger partial charge in [0, 0.05) is 11.8 Å². The Morgan fingerprint density at radius 2 is 1.96 bits per heavy atom. The number of carbonyl (C=O) groups excluding carboxylic acids is 3. The second kappa shape index (κ2) is 7.40. The predicted molar refractivity (Wildman–Crippen MR) is 103 cm³/mol. The standard InChI is InChI=1S/C23H32O5/c1-22-9-7-16(25)13-15(22)3-4-17-18-5-6-20(23(18,2)10-8-19(17)22)28-21(26)14-27-12-11-24/h11,13,17-20H,3-10,12,14H2,1-2H3. The number of rotatable bonds is 5. The van der Waals surface area contributed by atoms with Crippen LogP contribution in [0.2, 0.25) is 0 Å². The van der Waals surface area contributed by atoms with Crippen molar-refractivity contribution < 1.29 is 23.9 Å². The van der Waals surface area contributed by atoms with Crippen LogP contribution in [-0.4, -0.2) is 37.4 Å². The molecule has 0 aromatic rings. The molecule has 5 nitrogen and oxygen atoms in total. The number of allylic oxidation sites excluding steroid dienone is 1. The lowest BCUT2D eigenvalue weighted by molar-refractivity contribution is -0.164. The fourth-order valence-electron chi connectivity index (χ4n) is 7.09. The van der Waals surface area contributed by atoms with E-state index in [2.05, 4.69) is 13.8 Å². The molecule has 5 heteroatoms. The van der Waals surface area contributed by atoms with E-state index in [9.17, 15) is 14.4 Å². The second-order valence-electron chi connectivity index (χ2n) is 9.75. The van der Waals surface area contributed by atoms with E-state index in [0.29, 0.717) is 36.2 Å².